The fraction of sp³-hybridized carbons (Fsp3) is 0.500. The topological polar surface area (TPSA) is 60.2 Å². The van der Waals surface area contributed by atoms with Crippen molar-refractivity contribution < 1.29 is 5.11 Å². The van der Waals surface area contributed by atoms with E-state index in [2.05, 4.69) is 16.9 Å². The third-order valence-corrected chi connectivity index (χ3v) is 3.16. The van der Waals surface area contributed by atoms with Crippen molar-refractivity contribution in [1.29, 1.82) is 5.26 Å². The second kappa shape index (κ2) is 4.50. The number of pyridine rings is 1. The minimum Gasteiger partial charge on any atom is -0.505 e. The molecular weight excluding hydrogens is 202 g/mol. The van der Waals surface area contributed by atoms with Crippen molar-refractivity contribution in [2.24, 2.45) is 0 Å². The standard InChI is InChI=1S/C12H15N3O/c1-15-4-2-9(3-5-15)11-6-10(7-13)12(16)8-14-11/h6,8-9,16H,2-5H2,1H3. The van der Waals surface area contributed by atoms with Crippen LogP contribution < -0.4 is 0 Å². The highest BCUT2D eigenvalue weighted by atomic mass is 16.3. The van der Waals surface area contributed by atoms with Gasteiger partial charge in [-0.3, -0.25) is 4.98 Å². The van der Waals surface area contributed by atoms with Crippen LogP contribution in [0, 0.1) is 11.3 Å². The van der Waals surface area contributed by atoms with Crippen molar-refractivity contribution in [3.05, 3.63) is 23.5 Å². The van der Waals surface area contributed by atoms with Crippen LogP contribution in [0.1, 0.15) is 30.0 Å². The van der Waals surface area contributed by atoms with E-state index in [4.69, 9.17) is 5.26 Å². The number of nitriles is 1. The zero-order valence-corrected chi connectivity index (χ0v) is 9.35. The SMILES string of the molecule is CN1CCC(c2cc(C#N)c(O)cn2)CC1. The molecule has 0 aliphatic carbocycles. The summed E-state index contributed by atoms with van der Waals surface area (Å²) in [5, 5.41) is 18.2. The zero-order chi connectivity index (χ0) is 11.5. The minimum atomic E-state index is -0.0285. The first-order chi connectivity index (χ1) is 7.70. The van der Waals surface area contributed by atoms with Gasteiger partial charge in [0.2, 0.25) is 0 Å². The lowest BCUT2D eigenvalue weighted by molar-refractivity contribution is 0.253. The number of piperidine rings is 1. The van der Waals surface area contributed by atoms with Gasteiger partial charge in [0.05, 0.1) is 11.8 Å². The van der Waals surface area contributed by atoms with Crippen LogP contribution in [0.25, 0.3) is 0 Å². The Balaban J connectivity index is 2.18. The molecule has 1 saturated heterocycles. The van der Waals surface area contributed by atoms with E-state index in [9.17, 15) is 5.11 Å². The Labute approximate surface area is 95.1 Å². The molecule has 0 amide bonds. The van der Waals surface area contributed by atoms with Gasteiger partial charge in [0.1, 0.15) is 6.07 Å². The molecule has 84 valence electrons. The zero-order valence-electron chi connectivity index (χ0n) is 9.35. The molecule has 2 heterocycles. The third kappa shape index (κ3) is 2.15. The maximum atomic E-state index is 9.38. The minimum absolute atomic E-state index is 0.0285. The summed E-state index contributed by atoms with van der Waals surface area (Å²) in [6.07, 6.45) is 3.52. The van der Waals surface area contributed by atoms with Crippen molar-refractivity contribution in [1.82, 2.24) is 9.88 Å². The van der Waals surface area contributed by atoms with Crippen molar-refractivity contribution in [2.45, 2.75) is 18.8 Å². The lowest BCUT2D eigenvalue weighted by Crippen LogP contribution is -2.29. The lowest BCUT2D eigenvalue weighted by Gasteiger charge is -2.28. The van der Waals surface area contributed by atoms with Crippen molar-refractivity contribution >= 4 is 0 Å². The fourth-order valence-electron chi connectivity index (χ4n) is 2.08. The van der Waals surface area contributed by atoms with Crippen LogP contribution in [-0.4, -0.2) is 35.1 Å². The molecule has 0 aromatic carbocycles. The number of rotatable bonds is 1. The van der Waals surface area contributed by atoms with E-state index in [0.29, 0.717) is 11.5 Å². The summed E-state index contributed by atoms with van der Waals surface area (Å²) >= 11 is 0. The van der Waals surface area contributed by atoms with E-state index >= 15 is 0 Å². The summed E-state index contributed by atoms with van der Waals surface area (Å²) in [6.45, 7) is 2.13. The number of likely N-dealkylation sites (tertiary alicyclic amines) is 1. The van der Waals surface area contributed by atoms with Crippen LogP contribution in [0.2, 0.25) is 0 Å². The normalized spacial score (nSPS) is 18.2. The number of nitrogens with zero attached hydrogens (tertiary/aromatic N) is 3. The summed E-state index contributed by atoms with van der Waals surface area (Å²) in [5.41, 5.74) is 1.26. The van der Waals surface area contributed by atoms with E-state index in [1.165, 1.54) is 6.20 Å². The van der Waals surface area contributed by atoms with Crippen LogP contribution in [0.4, 0.5) is 0 Å². The Bertz CT molecular complexity index is 417. The Morgan fingerprint density at radius 2 is 2.19 bits per heavy atom. The fourth-order valence-corrected chi connectivity index (χ4v) is 2.08. The molecule has 16 heavy (non-hydrogen) atoms. The van der Waals surface area contributed by atoms with Gasteiger partial charge in [-0.05, 0) is 39.0 Å². The van der Waals surface area contributed by atoms with Gasteiger partial charge in [0, 0.05) is 11.6 Å². The highest BCUT2D eigenvalue weighted by Crippen LogP contribution is 2.28. The molecule has 1 N–H and O–H groups in total. The molecule has 0 saturated carbocycles. The van der Waals surface area contributed by atoms with Crippen LogP contribution in [-0.2, 0) is 0 Å². The molecule has 4 nitrogen and oxygen atoms in total. The van der Waals surface area contributed by atoms with Crippen molar-refractivity contribution in [3.63, 3.8) is 0 Å². The Hall–Kier alpha value is -1.60. The predicted octanol–water partition coefficient (Wildman–Crippen LogP) is 1.47. The number of aromatic hydroxyl groups is 1. The summed E-state index contributed by atoms with van der Waals surface area (Å²) < 4.78 is 0. The quantitative estimate of drug-likeness (QED) is 0.773. The molecule has 0 atom stereocenters. The maximum absolute atomic E-state index is 9.38. The van der Waals surface area contributed by atoms with Crippen LogP contribution in [0.3, 0.4) is 0 Å². The first-order valence-electron chi connectivity index (χ1n) is 5.48. The van der Waals surface area contributed by atoms with Crippen LogP contribution >= 0.6 is 0 Å². The van der Waals surface area contributed by atoms with Gasteiger partial charge in [0.25, 0.3) is 0 Å². The molecule has 0 radical (unpaired) electrons. The highest BCUT2D eigenvalue weighted by Gasteiger charge is 2.20. The van der Waals surface area contributed by atoms with E-state index in [-0.39, 0.29) is 5.75 Å². The second-order valence-corrected chi connectivity index (χ2v) is 4.32. The van der Waals surface area contributed by atoms with Gasteiger partial charge in [-0.15, -0.1) is 0 Å². The van der Waals surface area contributed by atoms with E-state index < -0.39 is 0 Å². The maximum Gasteiger partial charge on any atom is 0.151 e. The number of hydrogen-bond acceptors (Lipinski definition) is 4. The Morgan fingerprint density at radius 3 is 2.81 bits per heavy atom. The Kier molecular flexibility index (Phi) is 3.07. The van der Waals surface area contributed by atoms with Crippen molar-refractivity contribution in [2.75, 3.05) is 20.1 Å². The molecule has 1 fully saturated rings. The largest absolute Gasteiger partial charge is 0.505 e. The van der Waals surface area contributed by atoms with Gasteiger partial charge < -0.3 is 10.0 Å². The molecule has 1 aliphatic rings. The molecule has 1 aromatic rings. The van der Waals surface area contributed by atoms with Gasteiger partial charge in [0.15, 0.2) is 5.75 Å². The van der Waals surface area contributed by atoms with Gasteiger partial charge in [-0.25, -0.2) is 0 Å². The van der Waals surface area contributed by atoms with Crippen molar-refractivity contribution in [3.8, 4) is 11.8 Å². The molecule has 0 unspecified atom stereocenters. The lowest BCUT2D eigenvalue weighted by atomic mass is 9.92. The first-order valence-corrected chi connectivity index (χ1v) is 5.48. The van der Waals surface area contributed by atoms with Crippen LogP contribution in [0.15, 0.2) is 12.3 Å². The molecule has 1 aromatic heterocycles. The predicted molar refractivity (Wildman–Crippen MR) is 60.1 cm³/mol. The molecule has 4 heteroatoms. The van der Waals surface area contributed by atoms with Gasteiger partial charge in [-0.2, -0.15) is 5.26 Å². The second-order valence-electron chi connectivity index (χ2n) is 4.32. The summed E-state index contributed by atoms with van der Waals surface area (Å²) in [5.74, 6) is 0.392. The van der Waals surface area contributed by atoms with E-state index in [0.717, 1.165) is 31.6 Å². The van der Waals surface area contributed by atoms with E-state index in [1.54, 1.807) is 6.07 Å². The monoisotopic (exact) mass is 217 g/mol. The average Bonchev–Trinajstić information content (AvgIpc) is 2.31. The van der Waals surface area contributed by atoms with Crippen LogP contribution in [0.5, 0.6) is 5.75 Å². The summed E-state index contributed by atoms with van der Waals surface area (Å²) in [7, 11) is 2.11. The average molecular weight is 217 g/mol. The number of aromatic nitrogens is 1. The van der Waals surface area contributed by atoms with Gasteiger partial charge >= 0.3 is 0 Å². The molecule has 1 aliphatic heterocycles. The molecule has 0 spiro atoms. The molecule has 2 rings (SSSR count). The van der Waals surface area contributed by atoms with E-state index in [1.807, 2.05) is 6.07 Å². The Morgan fingerprint density at radius 1 is 1.50 bits per heavy atom. The summed E-state index contributed by atoms with van der Waals surface area (Å²) in [6, 6.07) is 3.70. The third-order valence-electron chi connectivity index (χ3n) is 3.16. The van der Waals surface area contributed by atoms with Gasteiger partial charge in [-0.1, -0.05) is 0 Å². The smallest absolute Gasteiger partial charge is 0.151 e. The molecule has 0 bridgehead atoms. The highest BCUT2D eigenvalue weighted by molar-refractivity contribution is 5.41. The number of hydrogen-bond donors (Lipinski definition) is 1. The molecular formula is C12H15N3O. The summed E-state index contributed by atoms with van der Waals surface area (Å²) in [4.78, 5) is 6.51. The first kappa shape index (κ1) is 10.9.